The smallest absolute Gasteiger partial charge is 0.329 e. The average molecular weight is 419 g/mol. The molecule has 0 saturated carbocycles. The van der Waals surface area contributed by atoms with Crippen molar-refractivity contribution in [2.45, 2.75) is 33.2 Å². The van der Waals surface area contributed by atoms with Crippen LogP contribution in [0.5, 0.6) is 0 Å². The van der Waals surface area contributed by atoms with Crippen LogP contribution in [0.1, 0.15) is 43.2 Å². The van der Waals surface area contributed by atoms with Crippen molar-refractivity contribution in [3.63, 3.8) is 0 Å². The van der Waals surface area contributed by atoms with Crippen LogP contribution in [-0.4, -0.2) is 30.3 Å². The molecule has 0 bridgehead atoms. The Bertz CT molecular complexity index is 1070. The summed E-state index contributed by atoms with van der Waals surface area (Å²) >= 11 is 0. The predicted molar refractivity (Wildman–Crippen MR) is 116 cm³/mol. The van der Waals surface area contributed by atoms with Gasteiger partial charge in [-0.2, -0.15) is 0 Å². The first kappa shape index (κ1) is 22.0. The van der Waals surface area contributed by atoms with E-state index in [1.165, 1.54) is 12.3 Å². The molecule has 160 valence electrons. The lowest BCUT2D eigenvalue weighted by molar-refractivity contribution is -0.144. The number of esters is 1. The van der Waals surface area contributed by atoms with E-state index in [1.807, 2.05) is 57.2 Å². The maximum Gasteiger partial charge on any atom is 0.329 e. The molecular weight excluding hydrogens is 394 g/mol. The number of ketones is 1. The molecule has 0 aliphatic heterocycles. The lowest BCUT2D eigenvalue weighted by Crippen LogP contribution is -2.43. The SMILES string of the molecule is Cc1cc(C)c(C(=O)COC(=O)[C@@H](Cc2ccccc2)NC(=O)c2ccco2)cc1C. The van der Waals surface area contributed by atoms with Crippen molar-refractivity contribution in [2.75, 3.05) is 6.61 Å². The van der Waals surface area contributed by atoms with E-state index in [9.17, 15) is 14.4 Å². The summed E-state index contributed by atoms with van der Waals surface area (Å²) in [5, 5.41) is 2.64. The molecular formula is C25H25NO5. The van der Waals surface area contributed by atoms with E-state index in [-0.39, 0.29) is 18.0 Å². The highest BCUT2D eigenvalue weighted by Crippen LogP contribution is 2.16. The van der Waals surface area contributed by atoms with Crippen LogP contribution in [0.15, 0.2) is 65.3 Å². The van der Waals surface area contributed by atoms with Gasteiger partial charge in [-0.1, -0.05) is 36.4 Å². The normalized spacial score (nSPS) is 11.6. The van der Waals surface area contributed by atoms with Crippen molar-refractivity contribution >= 4 is 17.7 Å². The lowest BCUT2D eigenvalue weighted by atomic mass is 9.98. The van der Waals surface area contributed by atoms with Crippen molar-refractivity contribution in [3.8, 4) is 0 Å². The fourth-order valence-corrected chi connectivity index (χ4v) is 3.26. The molecule has 31 heavy (non-hydrogen) atoms. The molecule has 0 aliphatic carbocycles. The van der Waals surface area contributed by atoms with Gasteiger partial charge in [-0.25, -0.2) is 4.79 Å². The van der Waals surface area contributed by atoms with Crippen LogP contribution < -0.4 is 5.32 Å². The van der Waals surface area contributed by atoms with Crippen LogP contribution in [0.3, 0.4) is 0 Å². The standard InChI is InChI=1S/C25H25NO5/c1-16-12-18(3)20(13-17(16)2)22(27)15-31-25(29)21(14-19-8-5-4-6-9-19)26-24(28)23-10-7-11-30-23/h4-13,21H,14-15H2,1-3H3,(H,26,28)/t21-/m1/s1. The van der Waals surface area contributed by atoms with Crippen molar-refractivity contribution in [1.82, 2.24) is 5.32 Å². The highest BCUT2D eigenvalue weighted by atomic mass is 16.5. The van der Waals surface area contributed by atoms with Gasteiger partial charge >= 0.3 is 5.97 Å². The van der Waals surface area contributed by atoms with Crippen LogP contribution in [0.25, 0.3) is 0 Å². The maximum atomic E-state index is 12.8. The number of amides is 1. The predicted octanol–water partition coefficient (Wildman–Crippen LogP) is 3.97. The Balaban J connectivity index is 1.71. The van der Waals surface area contributed by atoms with Crippen molar-refractivity contribution < 1.29 is 23.5 Å². The van der Waals surface area contributed by atoms with E-state index < -0.39 is 24.5 Å². The van der Waals surface area contributed by atoms with Crippen molar-refractivity contribution in [3.05, 3.63) is 94.4 Å². The van der Waals surface area contributed by atoms with Gasteiger partial charge in [-0.15, -0.1) is 0 Å². The minimum absolute atomic E-state index is 0.0905. The number of aryl methyl sites for hydroxylation is 3. The van der Waals surface area contributed by atoms with Crippen LogP contribution >= 0.6 is 0 Å². The minimum Gasteiger partial charge on any atom is -0.459 e. The summed E-state index contributed by atoms with van der Waals surface area (Å²) in [7, 11) is 0. The Morgan fingerprint density at radius 1 is 0.935 bits per heavy atom. The molecule has 0 saturated heterocycles. The van der Waals surface area contributed by atoms with Crippen LogP contribution in [-0.2, 0) is 16.0 Å². The largest absolute Gasteiger partial charge is 0.459 e. The Labute approximate surface area is 181 Å². The van der Waals surface area contributed by atoms with Gasteiger partial charge in [0.2, 0.25) is 5.78 Å². The second-order valence-corrected chi connectivity index (χ2v) is 7.48. The number of carbonyl (C=O) groups excluding carboxylic acids is 3. The molecule has 2 aromatic carbocycles. The summed E-state index contributed by atoms with van der Waals surface area (Å²) in [6.07, 6.45) is 1.60. The third kappa shape index (κ3) is 5.69. The van der Waals surface area contributed by atoms with Gasteiger partial charge < -0.3 is 14.5 Å². The van der Waals surface area contributed by atoms with E-state index in [1.54, 1.807) is 12.1 Å². The first-order chi connectivity index (χ1) is 14.8. The van der Waals surface area contributed by atoms with Gasteiger partial charge in [0.25, 0.3) is 5.91 Å². The molecule has 1 aromatic heterocycles. The summed E-state index contributed by atoms with van der Waals surface area (Å²) in [6, 6.07) is 15.1. The van der Waals surface area contributed by atoms with E-state index in [0.29, 0.717) is 5.56 Å². The number of carbonyl (C=O) groups is 3. The number of rotatable bonds is 8. The molecule has 0 unspecified atom stereocenters. The monoisotopic (exact) mass is 419 g/mol. The van der Waals surface area contributed by atoms with Gasteiger partial charge in [0.05, 0.1) is 6.26 Å². The number of Topliss-reactive ketones (excluding diaryl/α,β-unsaturated/α-hetero) is 1. The fourth-order valence-electron chi connectivity index (χ4n) is 3.26. The third-order valence-electron chi connectivity index (χ3n) is 5.10. The zero-order chi connectivity index (χ0) is 22.4. The van der Waals surface area contributed by atoms with Crippen molar-refractivity contribution in [2.24, 2.45) is 0 Å². The second-order valence-electron chi connectivity index (χ2n) is 7.48. The molecule has 3 rings (SSSR count). The number of ether oxygens (including phenoxy) is 1. The van der Waals surface area contributed by atoms with Gasteiger partial charge in [0, 0.05) is 12.0 Å². The highest BCUT2D eigenvalue weighted by Gasteiger charge is 2.25. The molecule has 0 radical (unpaired) electrons. The summed E-state index contributed by atoms with van der Waals surface area (Å²) in [5.41, 5.74) is 4.29. The first-order valence-electron chi connectivity index (χ1n) is 10.0. The summed E-state index contributed by atoms with van der Waals surface area (Å²) in [4.78, 5) is 37.8. The number of benzene rings is 2. The van der Waals surface area contributed by atoms with Gasteiger partial charge in [-0.05, 0) is 61.2 Å². The zero-order valence-corrected chi connectivity index (χ0v) is 17.8. The molecule has 1 N–H and O–H groups in total. The Morgan fingerprint density at radius 3 is 2.32 bits per heavy atom. The van der Waals surface area contributed by atoms with Gasteiger partial charge in [0.15, 0.2) is 12.4 Å². The van der Waals surface area contributed by atoms with Gasteiger partial charge in [0.1, 0.15) is 6.04 Å². The molecule has 1 amide bonds. The molecule has 3 aromatic rings. The van der Waals surface area contributed by atoms with E-state index in [2.05, 4.69) is 5.32 Å². The van der Waals surface area contributed by atoms with Gasteiger partial charge in [-0.3, -0.25) is 9.59 Å². The first-order valence-corrected chi connectivity index (χ1v) is 10.0. The highest BCUT2D eigenvalue weighted by molar-refractivity contribution is 6.00. The molecule has 0 fully saturated rings. The van der Waals surface area contributed by atoms with E-state index >= 15 is 0 Å². The average Bonchev–Trinajstić information content (AvgIpc) is 3.29. The summed E-state index contributed by atoms with van der Waals surface area (Å²) in [5.74, 6) is -1.41. The Morgan fingerprint density at radius 2 is 1.65 bits per heavy atom. The summed E-state index contributed by atoms with van der Waals surface area (Å²) < 4.78 is 10.4. The van der Waals surface area contributed by atoms with E-state index in [0.717, 1.165) is 22.3 Å². The molecule has 0 aliphatic rings. The molecule has 1 heterocycles. The summed E-state index contributed by atoms with van der Waals surface area (Å²) in [6.45, 7) is 5.36. The lowest BCUT2D eigenvalue weighted by Gasteiger charge is -2.17. The number of nitrogens with one attached hydrogen (secondary N) is 1. The van der Waals surface area contributed by atoms with Crippen LogP contribution in [0.2, 0.25) is 0 Å². The fraction of sp³-hybridized carbons (Fsp3) is 0.240. The molecule has 6 heteroatoms. The van der Waals surface area contributed by atoms with E-state index in [4.69, 9.17) is 9.15 Å². The Hall–Kier alpha value is -3.67. The van der Waals surface area contributed by atoms with Crippen molar-refractivity contribution in [1.29, 1.82) is 0 Å². The Kier molecular flexibility index (Phi) is 7.03. The number of furan rings is 1. The number of hydrogen-bond acceptors (Lipinski definition) is 5. The van der Waals surface area contributed by atoms with Crippen LogP contribution in [0.4, 0.5) is 0 Å². The minimum atomic E-state index is -0.964. The molecule has 6 nitrogen and oxygen atoms in total. The molecule has 1 atom stereocenters. The third-order valence-corrected chi connectivity index (χ3v) is 5.10. The maximum absolute atomic E-state index is 12.8. The molecule has 0 spiro atoms. The zero-order valence-electron chi connectivity index (χ0n) is 17.8. The number of hydrogen-bond donors (Lipinski definition) is 1. The van der Waals surface area contributed by atoms with Crippen LogP contribution in [0, 0.1) is 20.8 Å². The quantitative estimate of drug-likeness (QED) is 0.441. The topological polar surface area (TPSA) is 85.6 Å². The second kappa shape index (κ2) is 9.89.